The molecule has 1 aliphatic carbocycles. The van der Waals surface area contributed by atoms with Gasteiger partial charge in [-0.15, -0.1) is 24.0 Å². The summed E-state index contributed by atoms with van der Waals surface area (Å²) in [6.45, 7) is 6.27. The Labute approximate surface area is 204 Å². The number of rotatable bonds is 11. The predicted molar refractivity (Wildman–Crippen MR) is 135 cm³/mol. The molecule has 3 N–H and O–H groups in total. The summed E-state index contributed by atoms with van der Waals surface area (Å²) < 4.78 is 32.8. The van der Waals surface area contributed by atoms with Gasteiger partial charge >= 0.3 is 0 Å². The van der Waals surface area contributed by atoms with Gasteiger partial charge in [0.15, 0.2) is 5.96 Å². The SMILES string of the molecule is CCNC(=NCC(c1ccco1)N1CCCCC1)NCCS(=O)(=O)NCC1CCC1.I. The minimum absolute atomic E-state index is 0. The Hall–Kier alpha value is -0.850. The summed E-state index contributed by atoms with van der Waals surface area (Å²) in [6.07, 6.45) is 8.86. The second kappa shape index (κ2) is 13.6. The van der Waals surface area contributed by atoms with Crippen LogP contribution in [-0.2, 0) is 10.0 Å². The molecule has 3 rings (SSSR count). The first-order valence-corrected chi connectivity index (χ1v) is 13.0. The van der Waals surface area contributed by atoms with Gasteiger partial charge in [-0.2, -0.15) is 0 Å². The van der Waals surface area contributed by atoms with Crippen molar-refractivity contribution >= 4 is 40.0 Å². The highest BCUT2D eigenvalue weighted by atomic mass is 127. The van der Waals surface area contributed by atoms with Gasteiger partial charge in [0.05, 0.1) is 24.6 Å². The van der Waals surface area contributed by atoms with E-state index in [0.717, 1.165) is 31.7 Å². The first-order chi connectivity index (χ1) is 14.6. The molecule has 0 bridgehead atoms. The van der Waals surface area contributed by atoms with Crippen molar-refractivity contribution in [1.29, 1.82) is 0 Å². The Morgan fingerprint density at radius 1 is 1.23 bits per heavy atom. The zero-order valence-electron chi connectivity index (χ0n) is 18.5. The number of nitrogens with one attached hydrogen (secondary N) is 3. The van der Waals surface area contributed by atoms with Gasteiger partial charge in [0.1, 0.15) is 5.76 Å². The lowest BCUT2D eigenvalue weighted by atomic mass is 9.86. The van der Waals surface area contributed by atoms with Crippen LogP contribution in [0.3, 0.4) is 0 Å². The molecule has 2 aliphatic rings. The second-order valence-corrected chi connectivity index (χ2v) is 10.2. The van der Waals surface area contributed by atoms with Crippen LogP contribution in [0.25, 0.3) is 0 Å². The standard InChI is InChI=1S/C21H37N5O3S.HI/c1-2-22-21(23-11-15-30(27,28)25-16-18-8-6-9-18)24-17-19(20-10-7-14-29-20)26-12-4-3-5-13-26;/h7,10,14,18-19,25H,2-6,8-9,11-13,15-17H2,1H3,(H2,22,23,24);1H. The smallest absolute Gasteiger partial charge is 0.213 e. The third-order valence-electron chi connectivity index (χ3n) is 5.95. The van der Waals surface area contributed by atoms with Gasteiger partial charge in [0.25, 0.3) is 0 Å². The number of furan rings is 1. The van der Waals surface area contributed by atoms with Gasteiger partial charge in [-0.25, -0.2) is 13.1 Å². The number of aliphatic imine (C=N–C) groups is 1. The van der Waals surface area contributed by atoms with Gasteiger partial charge in [-0.05, 0) is 63.7 Å². The van der Waals surface area contributed by atoms with Crippen LogP contribution in [0.1, 0.15) is 57.3 Å². The molecule has 1 atom stereocenters. The Morgan fingerprint density at radius 2 is 2.00 bits per heavy atom. The predicted octanol–water partition coefficient (Wildman–Crippen LogP) is 2.70. The lowest BCUT2D eigenvalue weighted by molar-refractivity contribution is 0.150. The minimum Gasteiger partial charge on any atom is -0.468 e. The summed E-state index contributed by atoms with van der Waals surface area (Å²) in [4.78, 5) is 7.17. The maximum atomic E-state index is 12.2. The topological polar surface area (TPSA) is 99.0 Å². The van der Waals surface area contributed by atoms with Crippen LogP contribution in [0.2, 0.25) is 0 Å². The number of halogens is 1. The molecular formula is C21H38IN5O3S. The molecule has 10 heteroatoms. The van der Waals surface area contributed by atoms with Crippen LogP contribution in [0.5, 0.6) is 0 Å². The summed E-state index contributed by atoms with van der Waals surface area (Å²) in [5.74, 6) is 2.12. The molecule has 1 unspecified atom stereocenters. The Balaban J connectivity index is 0.00000341. The van der Waals surface area contributed by atoms with E-state index < -0.39 is 10.0 Å². The van der Waals surface area contributed by atoms with Gasteiger partial charge in [-0.3, -0.25) is 9.89 Å². The molecule has 1 aliphatic heterocycles. The minimum atomic E-state index is -3.27. The van der Waals surface area contributed by atoms with Crippen molar-refractivity contribution in [2.75, 3.05) is 45.0 Å². The van der Waals surface area contributed by atoms with Crippen molar-refractivity contribution in [1.82, 2.24) is 20.3 Å². The van der Waals surface area contributed by atoms with Crippen molar-refractivity contribution < 1.29 is 12.8 Å². The summed E-state index contributed by atoms with van der Waals surface area (Å²) in [5.41, 5.74) is 0. The van der Waals surface area contributed by atoms with Crippen molar-refractivity contribution in [3.8, 4) is 0 Å². The molecule has 178 valence electrons. The van der Waals surface area contributed by atoms with E-state index in [9.17, 15) is 8.42 Å². The molecule has 0 spiro atoms. The van der Waals surface area contributed by atoms with Gasteiger partial charge in [-0.1, -0.05) is 12.8 Å². The number of piperidine rings is 1. The summed E-state index contributed by atoms with van der Waals surface area (Å²) in [5, 5.41) is 6.38. The normalized spacial score (nSPS) is 19.3. The lowest BCUT2D eigenvalue weighted by Gasteiger charge is -2.32. The highest BCUT2D eigenvalue weighted by Crippen LogP contribution is 2.26. The third-order valence-corrected chi connectivity index (χ3v) is 7.30. The van der Waals surface area contributed by atoms with E-state index in [0.29, 0.717) is 38.1 Å². The quantitative estimate of drug-likeness (QED) is 0.216. The van der Waals surface area contributed by atoms with Crippen LogP contribution in [0, 0.1) is 5.92 Å². The van der Waals surface area contributed by atoms with Crippen LogP contribution in [0.15, 0.2) is 27.8 Å². The summed E-state index contributed by atoms with van der Waals surface area (Å²) in [6, 6.07) is 4.03. The largest absolute Gasteiger partial charge is 0.468 e. The van der Waals surface area contributed by atoms with E-state index in [-0.39, 0.29) is 35.8 Å². The molecule has 2 heterocycles. The van der Waals surface area contributed by atoms with E-state index in [4.69, 9.17) is 9.41 Å². The lowest BCUT2D eigenvalue weighted by Crippen LogP contribution is -2.42. The van der Waals surface area contributed by atoms with Crippen LogP contribution in [0.4, 0.5) is 0 Å². The summed E-state index contributed by atoms with van der Waals surface area (Å²) >= 11 is 0. The van der Waals surface area contributed by atoms with Crippen LogP contribution in [-0.4, -0.2) is 64.3 Å². The molecule has 2 fully saturated rings. The van der Waals surface area contributed by atoms with E-state index in [2.05, 4.69) is 20.3 Å². The maximum Gasteiger partial charge on any atom is 0.213 e. The molecular weight excluding hydrogens is 529 g/mol. The fraction of sp³-hybridized carbons (Fsp3) is 0.762. The van der Waals surface area contributed by atoms with E-state index in [1.807, 2.05) is 19.1 Å². The molecule has 1 aromatic heterocycles. The maximum absolute atomic E-state index is 12.2. The second-order valence-electron chi connectivity index (χ2n) is 8.24. The average molecular weight is 568 g/mol. The van der Waals surface area contributed by atoms with Gasteiger partial charge in [0, 0.05) is 19.6 Å². The first kappa shape index (κ1) is 26.4. The highest BCUT2D eigenvalue weighted by molar-refractivity contribution is 14.0. The Morgan fingerprint density at radius 3 is 2.61 bits per heavy atom. The monoisotopic (exact) mass is 567 g/mol. The highest BCUT2D eigenvalue weighted by Gasteiger charge is 2.24. The van der Waals surface area contributed by atoms with Crippen molar-refractivity contribution in [3.63, 3.8) is 0 Å². The number of hydrogen-bond acceptors (Lipinski definition) is 5. The molecule has 0 aromatic carbocycles. The molecule has 0 radical (unpaired) electrons. The summed E-state index contributed by atoms with van der Waals surface area (Å²) in [7, 11) is -3.27. The van der Waals surface area contributed by atoms with Crippen LogP contribution >= 0.6 is 24.0 Å². The molecule has 1 saturated carbocycles. The molecule has 8 nitrogen and oxygen atoms in total. The van der Waals surface area contributed by atoms with E-state index in [1.165, 1.54) is 25.7 Å². The molecule has 31 heavy (non-hydrogen) atoms. The Kier molecular flexibility index (Phi) is 11.6. The fourth-order valence-electron chi connectivity index (χ4n) is 3.93. The third kappa shape index (κ3) is 8.89. The van der Waals surface area contributed by atoms with Gasteiger partial charge in [0.2, 0.25) is 10.0 Å². The Bertz CT molecular complexity index is 747. The van der Waals surface area contributed by atoms with E-state index in [1.54, 1.807) is 6.26 Å². The number of nitrogens with zero attached hydrogens (tertiary/aromatic N) is 2. The number of likely N-dealkylation sites (tertiary alicyclic amines) is 1. The zero-order chi connectivity index (χ0) is 21.2. The number of sulfonamides is 1. The van der Waals surface area contributed by atoms with E-state index >= 15 is 0 Å². The average Bonchev–Trinajstić information content (AvgIpc) is 3.22. The van der Waals surface area contributed by atoms with Crippen molar-refractivity contribution in [2.24, 2.45) is 10.9 Å². The van der Waals surface area contributed by atoms with Gasteiger partial charge < -0.3 is 15.1 Å². The van der Waals surface area contributed by atoms with Crippen molar-refractivity contribution in [2.45, 2.75) is 51.5 Å². The molecule has 1 saturated heterocycles. The van der Waals surface area contributed by atoms with Crippen LogP contribution < -0.4 is 15.4 Å². The number of hydrogen-bond donors (Lipinski definition) is 3. The number of guanidine groups is 1. The molecule has 1 aromatic rings. The van der Waals surface area contributed by atoms with Crippen molar-refractivity contribution in [3.05, 3.63) is 24.2 Å². The zero-order valence-corrected chi connectivity index (χ0v) is 21.7. The molecule has 0 amide bonds. The first-order valence-electron chi connectivity index (χ1n) is 11.3. The fourth-order valence-corrected chi connectivity index (χ4v) is 4.94.